The van der Waals surface area contributed by atoms with E-state index in [0.717, 1.165) is 37.1 Å². The van der Waals surface area contributed by atoms with Crippen LogP contribution in [0.3, 0.4) is 0 Å². The molecule has 1 saturated heterocycles. The van der Waals surface area contributed by atoms with E-state index < -0.39 is 0 Å². The highest BCUT2D eigenvalue weighted by Gasteiger charge is 2.26. The Labute approximate surface area is 118 Å². The number of rotatable bonds is 5. The van der Waals surface area contributed by atoms with E-state index in [1.165, 1.54) is 5.56 Å². The monoisotopic (exact) mass is 279 g/mol. The number of likely N-dealkylation sites (tertiary alicyclic amines) is 1. The van der Waals surface area contributed by atoms with Gasteiger partial charge in [0.15, 0.2) is 0 Å². The maximum atomic E-state index is 12.2. The Morgan fingerprint density at radius 3 is 3.16 bits per heavy atom. The molecule has 0 bridgehead atoms. The number of carbonyl (C=O) groups excluding carboxylic acids is 1. The average Bonchev–Trinajstić information content (AvgIpc) is 3.02. The SMILES string of the molecule is Cc1ccsc1/C=C/C(=O)N1CCCC1CCCO. The summed E-state index contributed by atoms with van der Waals surface area (Å²) < 4.78 is 0. The van der Waals surface area contributed by atoms with Crippen molar-refractivity contribution in [3.05, 3.63) is 28.0 Å². The lowest BCUT2D eigenvalue weighted by Crippen LogP contribution is -2.34. The minimum absolute atomic E-state index is 0.105. The van der Waals surface area contributed by atoms with E-state index >= 15 is 0 Å². The first-order valence-corrected chi connectivity index (χ1v) is 7.74. The Hall–Kier alpha value is -1.13. The molecule has 0 radical (unpaired) electrons. The molecule has 19 heavy (non-hydrogen) atoms. The molecular weight excluding hydrogens is 258 g/mol. The lowest BCUT2D eigenvalue weighted by molar-refractivity contribution is -0.126. The Balaban J connectivity index is 1.95. The summed E-state index contributed by atoms with van der Waals surface area (Å²) in [5.74, 6) is 0.105. The van der Waals surface area contributed by atoms with E-state index in [1.54, 1.807) is 17.4 Å². The van der Waals surface area contributed by atoms with Crippen molar-refractivity contribution in [1.82, 2.24) is 4.90 Å². The zero-order valence-corrected chi connectivity index (χ0v) is 12.2. The second-order valence-corrected chi connectivity index (χ2v) is 5.94. The molecule has 2 rings (SSSR count). The van der Waals surface area contributed by atoms with Gasteiger partial charge in [-0.05, 0) is 55.7 Å². The maximum Gasteiger partial charge on any atom is 0.246 e. The molecule has 1 amide bonds. The largest absolute Gasteiger partial charge is 0.396 e. The number of aliphatic hydroxyl groups excluding tert-OH is 1. The molecule has 1 atom stereocenters. The highest BCUT2D eigenvalue weighted by Crippen LogP contribution is 2.22. The summed E-state index contributed by atoms with van der Waals surface area (Å²) in [6, 6.07) is 2.38. The number of hydrogen-bond acceptors (Lipinski definition) is 3. The van der Waals surface area contributed by atoms with E-state index in [0.29, 0.717) is 6.04 Å². The summed E-state index contributed by atoms with van der Waals surface area (Å²) in [5.41, 5.74) is 1.22. The molecule has 0 aliphatic carbocycles. The van der Waals surface area contributed by atoms with Gasteiger partial charge in [0.1, 0.15) is 0 Å². The summed E-state index contributed by atoms with van der Waals surface area (Å²) in [6.45, 7) is 3.12. The molecule has 104 valence electrons. The molecular formula is C15H21NO2S. The summed E-state index contributed by atoms with van der Waals surface area (Å²) in [6.07, 6.45) is 7.45. The van der Waals surface area contributed by atoms with E-state index in [4.69, 9.17) is 5.11 Å². The van der Waals surface area contributed by atoms with Gasteiger partial charge in [-0.25, -0.2) is 0 Å². The van der Waals surface area contributed by atoms with Crippen LogP contribution < -0.4 is 0 Å². The van der Waals surface area contributed by atoms with Gasteiger partial charge in [0.25, 0.3) is 0 Å². The second kappa shape index (κ2) is 6.87. The summed E-state index contributed by atoms with van der Waals surface area (Å²) in [5, 5.41) is 10.9. The predicted octanol–water partition coefficient (Wildman–Crippen LogP) is 2.83. The fraction of sp³-hybridized carbons (Fsp3) is 0.533. The smallest absolute Gasteiger partial charge is 0.246 e. The normalized spacial score (nSPS) is 19.5. The van der Waals surface area contributed by atoms with Crippen LogP contribution in [0.25, 0.3) is 6.08 Å². The zero-order valence-electron chi connectivity index (χ0n) is 11.3. The van der Waals surface area contributed by atoms with Crippen LogP contribution in [0, 0.1) is 6.92 Å². The van der Waals surface area contributed by atoms with Gasteiger partial charge in [-0.2, -0.15) is 0 Å². The van der Waals surface area contributed by atoms with Crippen LogP contribution in [-0.2, 0) is 4.79 Å². The highest BCUT2D eigenvalue weighted by atomic mass is 32.1. The Morgan fingerprint density at radius 1 is 1.63 bits per heavy atom. The van der Waals surface area contributed by atoms with Crippen molar-refractivity contribution in [2.75, 3.05) is 13.2 Å². The quantitative estimate of drug-likeness (QED) is 0.842. The number of carbonyl (C=O) groups is 1. The standard InChI is InChI=1S/C15H21NO2S/c1-12-8-11-19-14(12)6-7-15(18)16-9-2-4-13(16)5-3-10-17/h6-8,11,13,17H,2-5,9-10H2,1H3/b7-6+. The number of aryl methyl sites for hydroxylation is 1. The van der Waals surface area contributed by atoms with E-state index in [2.05, 4.69) is 13.0 Å². The van der Waals surface area contributed by atoms with Crippen molar-refractivity contribution in [3.8, 4) is 0 Å². The van der Waals surface area contributed by atoms with Crippen molar-refractivity contribution < 1.29 is 9.90 Å². The van der Waals surface area contributed by atoms with Crippen LogP contribution in [0.5, 0.6) is 0 Å². The van der Waals surface area contributed by atoms with E-state index in [-0.39, 0.29) is 12.5 Å². The summed E-state index contributed by atoms with van der Waals surface area (Å²) in [4.78, 5) is 15.3. The van der Waals surface area contributed by atoms with Crippen LogP contribution in [0.2, 0.25) is 0 Å². The van der Waals surface area contributed by atoms with Crippen molar-refractivity contribution in [1.29, 1.82) is 0 Å². The molecule has 4 heteroatoms. The number of thiophene rings is 1. The fourth-order valence-electron chi connectivity index (χ4n) is 2.55. The van der Waals surface area contributed by atoms with Gasteiger partial charge in [0, 0.05) is 30.1 Å². The molecule has 1 fully saturated rings. The van der Waals surface area contributed by atoms with E-state index in [1.807, 2.05) is 16.4 Å². The van der Waals surface area contributed by atoms with Gasteiger partial charge in [-0.1, -0.05) is 0 Å². The minimum atomic E-state index is 0.105. The summed E-state index contributed by atoms with van der Waals surface area (Å²) in [7, 11) is 0. The second-order valence-electron chi connectivity index (χ2n) is 4.99. The lowest BCUT2D eigenvalue weighted by atomic mass is 10.1. The molecule has 1 aromatic rings. The Morgan fingerprint density at radius 2 is 2.47 bits per heavy atom. The van der Waals surface area contributed by atoms with Gasteiger partial charge in [-0.3, -0.25) is 4.79 Å². The van der Waals surface area contributed by atoms with Crippen LogP contribution >= 0.6 is 11.3 Å². The van der Waals surface area contributed by atoms with Gasteiger partial charge in [-0.15, -0.1) is 11.3 Å². The van der Waals surface area contributed by atoms with Gasteiger partial charge in [0.2, 0.25) is 5.91 Å². The molecule has 3 nitrogen and oxygen atoms in total. The topological polar surface area (TPSA) is 40.5 Å². The summed E-state index contributed by atoms with van der Waals surface area (Å²) >= 11 is 1.66. The molecule has 0 saturated carbocycles. The van der Waals surface area contributed by atoms with Crippen molar-refractivity contribution >= 4 is 23.3 Å². The van der Waals surface area contributed by atoms with Gasteiger partial charge >= 0.3 is 0 Å². The van der Waals surface area contributed by atoms with Crippen LogP contribution in [0.1, 0.15) is 36.1 Å². The molecule has 1 aliphatic heterocycles. The number of hydrogen-bond donors (Lipinski definition) is 1. The van der Waals surface area contributed by atoms with Crippen molar-refractivity contribution in [2.45, 2.75) is 38.6 Å². The molecule has 0 aromatic carbocycles. The van der Waals surface area contributed by atoms with Crippen molar-refractivity contribution in [2.24, 2.45) is 0 Å². The van der Waals surface area contributed by atoms with Gasteiger partial charge < -0.3 is 10.0 Å². The van der Waals surface area contributed by atoms with Crippen LogP contribution in [-0.4, -0.2) is 35.1 Å². The third-order valence-electron chi connectivity index (χ3n) is 3.63. The first kappa shape index (κ1) is 14.3. The zero-order chi connectivity index (χ0) is 13.7. The maximum absolute atomic E-state index is 12.2. The van der Waals surface area contributed by atoms with Crippen LogP contribution in [0.15, 0.2) is 17.5 Å². The number of aliphatic hydroxyl groups is 1. The molecule has 1 unspecified atom stereocenters. The first-order valence-electron chi connectivity index (χ1n) is 6.86. The van der Waals surface area contributed by atoms with Gasteiger partial charge in [0.05, 0.1) is 0 Å². The lowest BCUT2D eigenvalue weighted by Gasteiger charge is -2.23. The average molecular weight is 279 g/mol. The molecule has 0 spiro atoms. The Kier molecular flexibility index (Phi) is 5.16. The molecule has 1 N–H and O–H groups in total. The third-order valence-corrected chi connectivity index (χ3v) is 4.62. The van der Waals surface area contributed by atoms with E-state index in [9.17, 15) is 4.79 Å². The Bertz CT molecular complexity index is 453. The fourth-order valence-corrected chi connectivity index (χ4v) is 3.37. The highest BCUT2D eigenvalue weighted by molar-refractivity contribution is 7.11. The third kappa shape index (κ3) is 3.67. The first-order chi connectivity index (χ1) is 9.22. The number of amides is 1. The predicted molar refractivity (Wildman–Crippen MR) is 79.1 cm³/mol. The molecule has 2 heterocycles. The van der Waals surface area contributed by atoms with Crippen LogP contribution in [0.4, 0.5) is 0 Å². The minimum Gasteiger partial charge on any atom is -0.396 e. The number of nitrogens with zero attached hydrogens (tertiary/aromatic N) is 1. The molecule has 1 aromatic heterocycles. The van der Waals surface area contributed by atoms with Crippen molar-refractivity contribution in [3.63, 3.8) is 0 Å². The molecule has 1 aliphatic rings.